The molecule has 2 aromatic rings. The average molecular weight is 287 g/mol. The van der Waals surface area contributed by atoms with Gasteiger partial charge in [0.1, 0.15) is 0 Å². The second kappa shape index (κ2) is 5.51. The van der Waals surface area contributed by atoms with Crippen molar-refractivity contribution in [3.63, 3.8) is 0 Å². The van der Waals surface area contributed by atoms with Crippen LogP contribution in [0.1, 0.15) is 25.7 Å². The minimum atomic E-state index is -0.0479. The minimum Gasteiger partial charge on any atom is -0.339 e. The first kappa shape index (κ1) is 13.5. The molecule has 0 atom stereocenters. The van der Waals surface area contributed by atoms with Crippen molar-refractivity contribution in [3.8, 4) is 11.4 Å². The highest BCUT2D eigenvalue weighted by Gasteiger charge is 2.35. The molecule has 1 aliphatic heterocycles. The van der Waals surface area contributed by atoms with Crippen LogP contribution in [0.2, 0.25) is 0 Å². The molecular formula is C14H17N5O2. The molecular weight excluding hydrogens is 270 g/mol. The standard InChI is InChI=1S/C14H17N5O2/c1-9(2)16-14(20)19-7-11(8-19)13-17-12(18-21-13)10-4-3-5-15-6-10/h3-6,9,11H,7-8H2,1-2H3,(H,16,20). The molecule has 0 spiro atoms. The van der Waals surface area contributed by atoms with E-state index in [1.54, 1.807) is 17.3 Å². The Labute approximate surface area is 122 Å². The van der Waals surface area contributed by atoms with Crippen molar-refractivity contribution in [3.05, 3.63) is 30.4 Å². The molecule has 1 aliphatic rings. The Bertz CT molecular complexity index is 619. The zero-order chi connectivity index (χ0) is 14.8. The van der Waals surface area contributed by atoms with Gasteiger partial charge in [-0.1, -0.05) is 5.16 Å². The fourth-order valence-electron chi connectivity index (χ4n) is 2.15. The van der Waals surface area contributed by atoms with Gasteiger partial charge in [-0.15, -0.1) is 0 Å². The maximum Gasteiger partial charge on any atom is 0.317 e. The van der Waals surface area contributed by atoms with E-state index in [-0.39, 0.29) is 18.0 Å². The predicted molar refractivity (Wildman–Crippen MR) is 75.5 cm³/mol. The topological polar surface area (TPSA) is 84.2 Å². The summed E-state index contributed by atoms with van der Waals surface area (Å²) < 4.78 is 5.28. The molecule has 1 N–H and O–H groups in total. The van der Waals surface area contributed by atoms with Gasteiger partial charge in [0, 0.05) is 37.1 Å². The third-order valence-corrected chi connectivity index (χ3v) is 3.29. The van der Waals surface area contributed by atoms with Crippen molar-refractivity contribution in [1.82, 2.24) is 25.3 Å². The molecule has 3 heterocycles. The molecule has 0 saturated carbocycles. The zero-order valence-electron chi connectivity index (χ0n) is 12.0. The molecule has 0 radical (unpaired) electrons. The van der Waals surface area contributed by atoms with E-state index >= 15 is 0 Å². The Kier molecular flexibility index (Phi) is 3.55. The second-order valence-electron chi connectivity index (χ2n) is 5.40. The van der Waals surface area contributed by atoms with E-state index in [1.807, 2.05) is 26.0 Å². The summed E-state index contributed by atoms with van der Waals surface area (Å²) in [5.74, 6) is 1.21. The first-order valence-corrected chi connectivity index (χ1v) is 6.93. The molecule has 7 heteroatoms. The van der Waals surface area contributed by atoms with E-state index in [0.29, 0.717) is 24.8 Å². The summed E-state index contributed by atoms with van der Waals surface area (Å²) in [5.41, 5.74) is 0.821. The summed E-state index contributed by atoms with van der Waals surface area (Å²) >= 11 is 0. The van der Waals surface area contributed by atoms with Crippen LogP contribution in [-0.2, 0) is 0 Å². The van der Waals surface area contributed by atoms with Gasteiger partial charge in [-0.2, -0.15) is 4.98 Å². The lowest BCUT2D eigenvalue weighted by Gasteiger charge is -2.37. The second-order valence-corrected chi connectivity index (χ2v) is 5.40. The maximum atomic E-state index is 11.8. The van der Waals surface area contributed by atoms with E-state index < -0.39 is 0 Å². The lowest BCUT2D eigenvalue weighted by Crippen LogP contribution is -2.53. The number of nitrogens with zero attached hydrogens (tertiary/aromatic N) is 4. The molecule has 1 saturated heterocycles. The van der Waals surface area contributed by atoms with Gasteiger partial charge >= 0.3 is 6.03 Å². The van der Waals surface area contributed by atoms with E-state index in [1.165, 1.54) is 0 Å². The third kappa shape index (κ3) is 2.86. The Morgan fingerprint density at radius 2 is 2.29 bits per heavy atom. The molecule has 2 amide bonds. The van der Waals surface area contributed by atoms with Crippen LogP contribution in [0.5, 0.6) is 0 Å². The van der Waals surface area contributed by atoms with Gasteiger partial charge in [0.05, 0.1) is 5.92 Å². The Morgan fingerprint density at radius 1 is 1.48 bits per heavy atom. The molecule has 110 valence electrons. The van der Waals surface area contributed by atoms with Gasteiger partial charge in [0.25, 0.3) is 0 Å². The van der Waals surface area contributed by atoms with Crippen LogP contribution < -0.4 is 5.32 Å². The number of urea groups is 1. The van der Waals surface area contributed by atoms with Crippen molar-refractivity contribution in [2.45, 2.75) is 25.8 Å². The number of aromatic nitrogens is 3. The molecule has 0 bridgehead atoms. The van der Waals surface area contributed by atoms with Crippen molar-refractivity contribution in [2.24, 2.45) is 0 Å². The van der Waals surface area contributed by atoms with Gasteiger partial charge in [-0.3, -0.25) is 4.98 Å². The summed E-state index contributed by atoms with van der Waals surface area (Å²) in [5, 5.41) is 6.82. The maximum absolute atomic E-state index is 11.8. The molecule has 7 nitrogen and oxygen atoms in total. The van der Waals surface area contributed by atoms with Gasteiger partial charge in [0.15, 0.2) is 0 Å². The lowest BCUT2D eigenvalue weighted by molar-refractivity contribution is 0.135. The number of carbonyl (C=O) groups excluding carboxylic acids is 1. The summed E-state index contributed by atoms with van der Waals surface area (Å²) in [6.45, 7) is 5.08. The van der Waals surface area contributed by atoms with Gasteiger partial charge in [-0.05, 0) is 26.0 Å². The number of likely N-dealkylation sites (tertiary alicyclic amines) is 1. The molecule has 0 unspecified atom stereocenters. The SMILES string of the molecule is CC(C)NC(=O)N1CC(c2nc(-c3cccnc3)no2)C1. The van der Waals surface area contributed by atoms with E-state index in [9.17, 15) is 4.79 Å². The molecule has 3 rings (SSSR count). The highest BCUT2D eigenvalue weighted by atomic mass is 16.5. The normalized spacial score (nSPS) is 15.1. The molecule has 21 heavy (non-hydrogen) atoms. The summed E-state index contributed by atoms with van der Waals surface area (Å²) in [6, 6.07) is 3.79. The van der Waals surface area contributed by atoms with E-state index in [0.717, 1.165) is 5.56 Å². The van der Waals surface area contributed by atoms with Crippen molar-refractivity contribution >= 4 is 6.03 Å². The van der Waals surface area contributed by atoms with Crippen molar-refractivity contribution < 1.29 is 9.32 Å². The highest BCUT2D eigenvalue weighted by Crippen LogP contribution is 2.27. The fraction of sp³-hybridized carbons (Fsp3) is 0.429. The summed E-state index contributed by atoms with van der Waals surface area (Å²) in [4.78, 5) is 21.9. The first-order chi connectivity index (χ1) is 10.1. The highest BCUT2D eigenvalue weighted by molar-refractivity contribution is 5.75. The van der Waals surface area contributed by atoms with Gasteiger partial charge < -0.3 is 14.7 Å². The van der Waals surface area contributed by atoms with E-state index in [2.05, 4.69) is 20.4 Å². The van der Waals surface area contributed by atoms with Gasteiger partial charge in [0.2, 0.25) is 11.7 Å². The molecule has 1 fully saturated rings. The lowest BCUT2D eigenvalue weighted by atomic mass is 10.0. The van der Waals surface area contributed by atoms with E-state index in [4.69, 9.17) is 4.52 Å². The number of hydrogen-bond acceptors (Lipinski definition) is 5. The Balaban J connectivity index is 1.61. The summed E-state index contributed by atoms with van der Waals surface area (Å²) in [6.07, 6.45) is 3.39. The zero-order valence-corrected chi connectivity index (χ0v) is 12.0. The van der Waals surface area contributed by atoms with Crippen LogP contribution in [0, 0.1) is 0 Å². The number of carbonyl (C=O) groups is 1. The fourth-order valence-corrected chi connectivity index (χ4v) is 2.15. The number of amides is 2. The average Bonchev–Trinajstić information content (AvgIpc) is 2.86. The Hall–Kier alpha value is -2.44. The summed E-state index contributed by atoms with van der Waals surface area (Å²) in [7, 11) is 0. The molecule has 0 aliphatic carbocycles. The smallest absolute Gasteiger partial charge is 0.317 e. The number of hydrogen-bond donors (Lipinski definition) is 1. The monoisotopic (exact) mass is 287 g/mol. The minimum absolute atomic E-state index is 0.0479. The van der Waals surface area contributed by atoms with Crippen LogP contribution in [0.15, 0.2) is 29.0 Å². The molecule has 0 aromatic carbocycles. The van der Waals surface area contributed by atoms with Crippen LogP contribution in [0.4, 0.5) is 4.79 Å². The predicted octanol–water partition coefficient (Wildman–Crippen LogP) is 1.65. The van der Waals surface area contributed by atoms with Crippen LogP contribution in [-0.4, -0.2) is 45.2 Å². The quantitative estimate of drug-likeness (QED) is 0.928. The number of pyridine rings is 1. The number of nitrogens with one attached hydrogen (secondary N) is 1. The molecule has 2 aromatic heterocycles. The third-order valence-electron chi connectivity index (χ3n) is 3.29. The van der Waals surface area contributed by atoms with Crippen LogP contribution in [0.25, 0.3) is 11.4 Å². The van der Waals surface area contributed by atoms with Crippen LogP contribution in [0.3, 0.4) is 0 Å². The van der Waals surface area contributed by atoms with Crippen molar-refractivity contribution in [1.29, 1.82) is 0 Å². The number of rotatable bonds is 3. The van der Waals surface area contributed by atoms with Crippen LogP contribution >= 0.6 is 0 Å². The van der Waals surface area contributed by atoms with Crippen molar-refractivity contribution in [2.75, 3.05) is 13.1 Å². The first-order valence-electron chi connectivity index (χ1n) is 6.93. The largest absolute Gasteiger partial charge is 0.339 e. The van der Waals surface area contributed by atoms with Gasteiger partial charge in [-0.25, -0.2) is 4.79 Å². The Morgan fingerprint density at radius 3 is 2.95 bits per heavy atom.